The largest absolute Gasteiger partial charge is 0.358 e. The van der Waals surface area contributed by atoms with Gasteiger partial charge in [-0.2, -0.15) is 13.4 Å². The molecule has 1 aromatic heterocycles. The van der Waals surface area contributed by atoms with E-state index in [1.54, 1.807) is 19.1 Å². The van der Waals surface area contributed by atoms with Crippen LogP contribution in [0.2, 0.25) is 0 Å². The molecule has 0 aliphatic carbocycles. The van der Waals surface area contributed by atoms with Gasteiger partial charge in [-0.3, -0.25) is 0 Å². The Kier molecular flexibility index (Phi) is 4.90. The van der Waals surface area contributed by atoms with Crippen molar-refractivity contribution in [2.75, 3.05) is 5.32 Å². The second-order valence-corrected chi connectivity index (χ2v) is 7.51. The summed E-state index contributed by atoms with van der Waals surface area (Å²) in [5.41, 5.74) is 3.41. The second-order valence-electron chi connectivity index (χ2n) is 5.96. The highest BCUT2D eigenvalue weighted by molar-refractivity contribution is 7.87. The first-order valence-electron chi connectivity index (χ1n) is 8.03. The Morgan fingerprint density at radius 2 is 1.62 bits per heavy atom. The fraction of sp³-hybridized carbons (Fsp3) is 0.158. The van der Waals surface area contributed by atoms with Crippen molar-refractivity contribution in [3.63, 3.8) is 0 Å². The van der Waals surface area contributed by atoms with Crippen molar-refractivity contribution >= 4 is 21.8 Å². The maximum absolute atomic E-state index is 12.4. The zero-order chi connectivity index (χ0) is 18.7. The van der Waals surface area contributed by atoms with E-state index in [0.717, 1.165) is 16.8 Å². The summed E-state index contributed by atoms with van der Waals surface area (Å²) < 4.78 is 30.1. The number of aryl methyl sites for hydroxylation is 3. The van der Waals surface area contributed by atoms with E-state index < -0.39 is 10.1 Å². The summed E-state index contributed by atoms with van der Waals surface area (Å²) in [6, 6.07) is 15.6. The quantitative estimate of drug-likeness (QED) is 0.687. The first-order chi connectivity index (χ1) is 12.3. The highest BCUT2D eigenvalue weighted by Crippen LogP contribution is 2.22. The molecule has 0 unspecified atom stereocenters. The van der Waals surface area contributed by atoms with Crippen LogP contribution in [0.25, 0.3) is 0 Å². The zero-order valence-corrected chi connectivity index (χ0v) is 15.5. The Bertz CT molecular complexity index is 1030. The Morgan fingerprint density at radius 3 is 2.31 bits per heavy atom. The molecule has 0 bridgehead atoms. The number of benzene rings is 2. The van der Waals surface area contributed by atoms with Crippen LogP contribution >= 0.6 is 0 Å². The molecule has 0 aliphatic heterocycles. The van der Waals surface area contributed by atoms with E-state index in [1.165, 1.54) is 18.2 Å². The number of anilines is 2. The molecule has 0 spiro atoms. The summed E-state index contributed by atoms with van der Waals surface area (Å²) in [7, 11) is -3.96. The number of nitrogens with one attached hydrogen (secondary N) is 1. The molecule has 1 heterocycles. The maximum atomic E-state index is 12.4. The molecule has 3 rings (SSSR count). The lowest BCUT2D eigenvalue weighted by molar-refractivity contribution is 0.475. The third-order valence-electron chi connectivity index (χ3n) is 3.73. The van der Waals surface area contributed by atoms with Gasteiger partial charge in [-0.15, -0.1) is 0 Å². The van der Waals surface area contributed by atoms with Gasteiger partial charge in [0.1, 0.15) is 4.90 Å². The SMILES string of the molecule is Cc1ccc(S(=O)(=O)Oc2cc(C)nc(Nc3ccccc3C)n2)cc1. The summed E-state index contributed by atoms with van der Waals surface area (Å²) in [5.74, 6) is 0.238. The fourth-order valence-electron chi connectivity index (χ4n) is 2.34. The third-order valence-corrected chi connectivity index (χ3v) is 4.97. The number of hydrogen-bond donors (Lipinski definition) is 1. The van der Waals surface area contributed by atoms with Crippen LogP contribution < -0.4 is 9.50 Å². The average Bonchev–Trinajstić information content (AvgIpc) is 2.56. The summed E-state index contributed by atoms with van der Waals surface area (Å²) in [6.07, 6.45) is 0. The van der Waals surface area contributed by atoms with Crippen molar-refractivity contribution < 1.29 is 12.6 Å². The topological polar surface area (TPSA) is 81.2 Å². The van der Waals surface area contributed by atoms with Gasteiger partial charge in [0.25, 0.3) is 0 Å². The van der Waals surface area contributed by atoms with Gasteiger partial charge in [0, 0.05) is 17.4 Å². The van der Waals surface area contributed by atoms with E-state index in [1.807, 2.05) is 38.1 Å². The lowest BCUT2D eigenvalue weighted by atomic mass is 10.2. The predicted molar refractivity (Wildman–Crippen MR) is 100 cm³/mol. The molecule has 7 heteroatoms. The molecule has 0 aliphatic rings. The van der Waals surface area contributed by atoms with Crippen LogP contribution in [0.3, 0.4) is 0 Å². The Morgan fingerprint density at radius 1 is 0.923 bits per heavy atom. The molecule has 2 aromatic carbocycles. The van der Waals surface area contributed by atoms with Gasteiger partial charge in [-0.1, -0.05) is 35.9 Å². The molecule has 6 nitrogen and oxygen atoms in total. The average molecular weight is 369 g/mol. The lowest BCUT2D eigenvalue weighted by Crippen LogP contribution is -2.12. The molecule has 3 aromatic rings. The highest BCUT2D eigenvalue weighted by atomic mass is 32.2. The minimum atomic E-state index is -3.96. The molecule has 0 atom stereocenters. The molecule has 0 amide bonds. The fourth-order valence-corrected chi connectivity index (χ4v) is 3.21. The number of hydrogen-bond acceptors (Lipinski definition) is 6. The predicted octanol–water partition coefficient (Wildman–Crippen LogP) is 3.91. The van der Waals surface area contributed by atoms with Crippen LogP contribution in [0.15, 0.2) is 59.5 Å². The normalized spacial score (nSPS) is 11.2. The van der Waals surface area contributed by atoms with Gasteiger partial charge in [0.05, 0.1) is 0 Å². The summed E-state index contributed by atoms with van der Waals surface area (Å²) in [5, 5.41) is 3.09. The third kappa shape index (κ3) is 4.18. The van der Waals surface area contributed by atoms with Gasteiger partial charge in [0.15, 0.2) is 0 Å². The molecule has 0 fully saturated rings. The van der Waals surface area contributed by atoms with Crippen LogP contribution in [0.4, 0.5) is 11.6 Å². The van der Waals surface area contributed by atoms with Crippen LogP contribution in [-0.4, -0.2) is 18.4 Å². The van der Waals surface area contributed by atoms with Crippen LogP contribution in [0.5, 0.6) is 5.88 Å². The number of aromatic nitrogens is 2. The molecule has 0 saturated carbocycles. The molecule has 26 heavy (non-hydrogen) atoms. The lowest BCUT2D eigenvalue weighted by Gasteiger charge is -2.11. The van der Waals surface area contributed by atoms with E-state index >= 15 is 0 Å². The number of nitrogens with zero attached hydrogens (tertiary/aromatic N) is 2. The van der Waals surface area contributed by atoms with Gasteiger partial charge in [0.2, 0.25) is 11.8 Å². The first kappa shape index (κ1) is 17.9. The van der Waals surface area contributed by atoms with E-state index in [0.29, 0.717) is 5.69 Å². The van der Waals surface area contributed by atoms with Crippen LogP contribution in [0.1, 0.15) is 16.8 Å². The molecule has 0 saturated heterocycles. The second kappa shape index (κ2) is 7.13. The van der Waals surface area contributed by atoms with Crippen molar-refractivity contribution in [2.45, 2.75) is 25.7 Å². The van der Waals surface area contributed by atoms with Gasteiger partial charge >= 0.3 is 10.1 Å². The molecule has 1 N–H and O–H groups in total. The van der Waals surface area contributed by atoms with Crippen molar-refractivity contribution in [2.24, 2.45) is 0 Å². The minimum absolute atomic E-state index is 0.0332. The van der Waals surface area contributed by atoms with Crippen molar-refractivity contribution in [1.82, 2.24) is 9.97 Å². The summed E-state index contributed by atoms with van der Waals surface area (Å²) in [6.45, 7) is 5.59. The smallest absolute Gasteiger partial charge is 0.340 e. The van der Waals surface area contributed by atoms with E-state index in [-0.39, 0.29) is 16.7 Å². The van der Waals surface area contributed by atoms with Gasteiger partial charge < -0.3 is 9.50 Å². The van der Waals surface area contributed by atoms with E-state index in [2.05, 4.69) is 15.3 Å². The minimum Gasteiger partial charge on any atom is -0.358 e. The number of para-hydroxylation sites is 1. The zero-order valence-electron chi connectivity index (χ0n) is 14.7. The van der Waals surface area contributed by atoms with Gasteiger partial charge in [-0.05, 0) is 44.5 Å². The molecular weight excluding hydrogens is 350 g/mol. The molecule has 0 radical (unpaired) electrons. The van der Waals surface area contributed by atoms with Crippen molar-refractivity contribution in [3.05, 3.63) is 71.4 Å². The molecule has 134 valence electrons. The Labute approximate surface area is 153 Å². The first-order valence-corrected chi connectivity index (χ1v) is 9.44. The monoisotopic (exact) mass is 369 g/mol. The Hall–Kier alpha value is -2.93. The van der Waals surface area contributed by atoms with Crippen molar-refractivity contribution in [1.29, 1.82) is 0 Å². The van der Waals surface area contributed by atoms with E-state index in [9.17, 15) is 8.42 Å². The number of rotatable bonds is 5. The maximum Gasteiger partial charge on any atom is 0.340 e. The standard InChI is InChI=1S/C19H19N3O3S/c1-13-8-10-16(11-9-13)26(23,24)25-18-12-15(3)20-19(22-18)21-17-7-5-4-6-14(17)2/h4-12H,1-3H3,(H,20,21,22). The summed E-state index contributed by atoms with van der Waals surface area (Å²) >= 11 is 0. The van der Waals surface area contributed by atoms with Crippen LogP contribution in [0, 0.1) is 20.8 Å². The Balaban J connectivity index is 1.88. The van der Waals surface area contributed by atoms with E-state index in [4.69, 9.17) is 4.18 Å². The van der Waals surface area contributed by atoms with Gasteiger partial charge in [-0.25, -0.2) is 4.98 Å². The molecular formula is C19H19N3O3S. The van der Waals surface area contributed by atoms with Crippen LogP contribution in [-0.2, 0) is 10.1 Å². The van der Waals surface area contributed by atoms with Crippen molar-refractivity contribution in [3.8, 4) is 5.88 Å². The summed E-state index contributed by atoms with van der Waals surface area (Å²) in [4.78, 5) is 8.54. The highest BCUT2D eigenvalue weighted by Gasteiger charge is 2.18.